The smallest absolute Gasteiger partial charge is 0.0391 e. The van der Waals surface area contributed by atoms with E-state index in [1.807, 2.05) is 0 Å². The number of rotatable bonds is 13. The highest BCUT2D eigenvalue weighted by molar-refractivity contribution is 4.64. The van der Waals surface area contributed by atoms with E-state index in [9.17, 15) is 0 Å². The molecule has 0 aromatic heterocycles. The van der Waals surface area contributed by atoms with Gasteiger partial charge in [0, 0.05) is 0 Å². The lowest BCUT2D eigenvalue weighted by Crippen LogP contribution is -2.09. The van der Waals surface area contributed by atoms with Gasteiger partial charge in [0.25, 0.3) is 0 Å². The van der Waals surface area contributed by atoms with Gasteiger partial charge < -0.3 is 0 Å². The standard InChI is InChI=1S/C19H40/c1-6-7-8-9-10-11-15-19(18(4)5)16-13-12-14-17(2)3/h17-19H,6-16H2,1-5H3. The molecule has 0 rings (SSSR count). The van der Waals surface area contributed by atoms with Crippen LogP contribution in [0.15, 0.2) is 0 Å². The van der Waals surface area contributed by atoms with Crippen molar-refractivity contribution in [1.29, 1.82) is 0 Å². The molecule has 19 heavy (non-hydrogen) atoms. The maximum absolute atomic E-state index is 2.42. The molecule has 0 fully saturated rings. The molecular weight excluding hydrogens is 228 g/mol. The molecule has 0 aromatic rings. The van der Waals surface area contributed by atoms with Crippen molar-refractivity contribution in [2.75, 3.05) is 0 Å². The van der Waals surface area contributed by atoms with Crippen LogP contribution in [0.3, 0.4) is 0 Å². The predicted molar refractivity (Wildman–Crippen MR) is 89.6 cm³/mol. The predicted octanol–water partition coefficient (Wildman–Crippen LogP) is 7.23. The number of unbranched alkanes of at least 4 members (excludes halogenated alkanes) is 6. The normalized spacial score (nSPS) is 13.4. The molecule has 0 spiro atoms. The summed E-state index contributed by atoms with van der Waals surface area (Å²) >= 11 is 0. The molecule has 0 N–H and O–H groups in total. The summed E-state index contributed by atoms with van der Waals surface area (Å²) in [5, 5.41) is 0. The first kappa shape index (κ1) is 19.0. The van der Waals surface area contributed by atoms with E-state index < -0.39 is 0 Å². The van der Waals surface area contributed by atoms with Gasteiger partial charge in [-0.15, -0.1) is 0 Å². The Morgan fingerprint density at radius 3 is 1.58 bits per heavy atom. The van der Waals surface area contributed by atoms with Gasteiger partial charge in [-0.05, 0) is 17.8 Å². The van der Waals surface area contributed by atoms with Crippen LogP contribution in [0.5, 0.6) is 0 Å². The van der Waals surface area contributed by atoms with Gasteiger partial charge in [0.1, 0.15) is 0 Å². The van der Waals surface area contributed by atoms with Crippen LogP contribution in [-0.4, -0.2) is 0 Å². The topological polar surface area (TPSA) is 0 Å². The van der Waals surface area contributed by atoms with Crippen molar-refractivity contribution >= 4 is 0 Å². The van der Waals surface area contributed by atoms with Gasteiger partial charge in [0.05, 0.1) is 0 Å². The molecule has 0 aliphatic rings. The van der Waals surface area contributed by atoms with E-state index in [0.717, 1.165) is 17.8 Å². The zero-order chi connectivity index (χ0) is 14.5. The van der Waals surface area contributed by atoms with Gasteiger partial charge in [-0.1, -0.05) is 105 Å². The summed E-state index contributed by atoms with van der Waals surface area (Å²) in [7, 11) is 0. The van der Waals surface area contributed by atoms with Crippen LogP contribution in [0.1, 0.15) is 105 Å². The highest BCUT2D eigenvalue weighted by atomic mass is 14.2. The highest BCUT2D eigenvalue weighted by Crippen LogP contribution is 2.25. The lowest BCUT2D eigenvalue weighted by atomic mass is 9.85. The summed E-state index contributed by atoms with van der Waals surface area (Å²) in [6.07, 6.45) is 15.9. The Hall–Kier alpha value is 0. The molecule has 0 nitrogen and oxygen atoms in total. The van der Waals surface area contributed by atoms with Gasteiger partial charge in [-0.3, -0.25) is 0 Å². The lowest BCUT2D eigenvalue weighted by molar-refractivity contribution is 0.310. The molecule has 1 unspecified atom stereocenters. The van der Waals surface area contributed by atoms with Gasteiger partial charge in [-0.2, -0.15) is 0 Å². The van der Waals surface area contributed by atoms with Crippen molar-refractivity contribution < 1.29 is 0 Å². The summed E-state index contributed by atoms with van der Waals surface area (Å²) in [4.78, 5) is 0. The number of hydrogen-bond acceptors (Lipinski definition) is 0. The fourth-order valence-electron chi connectivity index (χ4n) is 2.96. The average Bonchev–Trinajstić information content (AvgIpc) is 2.35. The molecule has 0 saturated carbocycles. The first-order valence-corrected chi connectivity index (χ1v) is 9.07. The maximum atomic E-state index is 2.42. The van der Waals surface area contributed by atoms with E-state index in [1.54, 1.807) is 0 Å². The SMILES string of the molecule is CCCCCCCCC(CCCCC(C)C)C(C)C. The van der Waals surface area contributed by atoms with Gasteiger partial charge in [-0.25, -0.2) is 0 Å². The van der Waals surface area contributed by atoms with Crippen molar-refractivity contribution in [3.8, 4) is 0 Å². The van der Waals surface area contributed by atoms with E-state index in [4.69, 9.17) is 0 Å². The molecule has 116 valence electrons. The molecule has 0 aliphatic carbocycles. The van der Waals surface area contributed by atoms with E-state index in [0.29, 0.717) is 0 Å². The molecular formula is C19H40. The van der Waals surface area contributed by atoms with Gasteiger partial charge in [0.15, 0.2) is 0 Å². The second-order valence-electron chi connectivity index (χ2n) is 7.24. The lowest BCUT2D eigenvalue weighted by Gasteiger charge is -2.21. The molecule has 0 aromatic carbocycles. The summed E-state index contributed by atoms with van der Waals surface area (Å²) < 4.78 is 0. The summed E-state index contributed by atoms with van der Waals surface area (Å²) in [6, 6.07) is 0. The van der Waals surface area contributed by atoms with Crippen LogP contribution in [0.4, 0.5) is 0 Å². The Bertz CT molecular complexity index is 169. The van der Waals surface area contributed by atoms with Crippen molar-refractivity contribution in [2.24, 2.45) is 17.8 Å². The van der Waals surface area contributed by atoms with Crippen LogP contribution in [0.25, 0.3) is 0 Å². The van der Waals surface area contributed by atoms with E-state index in [1.165, 1.54) is 70.6 Å². The summed E-state index contributed by atoms with van der Waals surface area (Å²) in [5.41, 5.74) is 0. The average molecular weight is 269 g/mol. The minimum Gasteiger partial charge on any atom is -0.0654 e. The zero-order valence-corrected chi connectivity index (χ0v) is 14.5. The van der Waals surface area contributed by atoms with Crippen molar-refractivity contribution in [3.63, 3.8) is 0 Å². The maximum Gasteiger partial charge on any atom is -0.0391 e. The van der Waals surface area contributed by atoms with Crippen molar-refractivity contribution in [2.45, 2.75) is 105 Å². The monoisotopic (exact) mass is 268 g/mol. The molecule has 0 heterocycles. The molecule has 0 heteroatoms. The second-order valence-corrected chi connectivity index (χ2v) is 7.24. The largest absolute Gasteiger partial charge is 0.0654 e. The molecule has 0 amide bonds. The minimum atomic E-state index is 0.884. The third-order valence-electron chi connectivity index (χ3n) is 4.48. The Labute approximate surface area is 123 Å². The summed E-state index contributed by atoms with van der Waals surface area (Å²) in [5.74, 6) is 2.75. The summed E-state index contributed by atoms with van der Waals surface area (Å²) in [6.45, 7) is 11.8. The zero-order valence-electron chi connectivity index (χ0n) is 14.5. The van der Waals surface area contributed by atoms with E-state index >= 15 is 0 Å². The second kappa shape index (κ2) is 13.0. The van der Waals surface area contributed by atoms with Crippen LogP contribution in [-0.2, 0) is 0 Å². The number of hydrogen-bond donors (Lipinski definition) is 0. The van der Waals surface area contributed by atoms with Gasteiger partial charge in [0.2, 0.25) is 0 Å². The van der Waals surface area contributed by atoms with E-state index in [2.05, 4.69) is 34.6 Å². The fourth-order valence-corrected chi connectivity index (χ4v) is 2.96. The molecule has 0 aliphatic heterocycles. The Morgan fingerprint density at radius 1 is 0.579 bits per heavy atom. The molecule has 0 saturated heterocycles. The fraction of sp³-hybridized carbons (Fsp3) is 1.00. The van der Waals surface area contributed by atoms with Gasteiger partial charge >= 0.3 is 0 Å². The van der Waals surface area contributed by atoms with Crippen LogP contribution < -0.4 is 0 Å². The van der Waals surface area contributed by atoms with Crippen LogP contribution in [0, 0.1) is 17.8 Å². The highest BCUT2D eigenvalue weighted by Gasteiger charge is 2.12. The molecule has 0 bridgehead atoms. The molecule has 0 radical (unpaired) electrons. The van der Waals surface area contributed by atoms with Crippen LogP contribution >= 0.6 is 0 Å². The third-order valence-corrected chi connectivity index (χ3v) is 4.48. The first-order valence-electron chi connectivity index (χ1n) is 9.07. The van der Waals surface area contributed by atoms with Crippen molar-refractivity contribution in [3.05, 3.63) is 0 Å². The Morgan fingerprint density at radius 2 is 1.05 bits per heavy atom. The van der Waals surface area contributed by atoms with Crippen molar-refractivity contribution in [1.82, 2.24) is 0 Å². The van der Waals surface area contributed by atoms with E-state index in [-0.39, 0.29) is 0 Å². The third kappa shape index (κ3) is 12.8. The van der Waals surface area contributed by atoms with Crippen LogP contribution in [0.2, 0.25) is 0 Å². The Balaban J connectivity index is 3.57. The Kier molecular flexibility index (Phi) is 13.0. The first-order chi connectivity index (χ1) is 9.07. The molecule has 1 atom stereocenters. The minimum absolute atomic E-state index is 0.884. The quantitative estimate of drug-likeness (QED) is 0.309.